The molecular formula is C10H15N3O3. The second-order valence-electron chi connectivity index (χ2n) is 3.74. The van der Waals surface area contributed by atoms with E-state index < -0.39 is 5.97 Å². The van der Waals surface area contributed by atoms with Crippen LogP contribution in [0.4, 0.5) is 6.01 Å². The van der Waals surface area contributed by atoms with E-state index in [1.807, 2.05) is 4.90 Å². The molecule has 0 radical (unpaired) electrons. The number of hydrogen-bond acceptors (Lipinski definition) is 5. The van der Waals surface area contributed by atoms with Gasteiger partial charge in [-0.25, -0.2) is 4.79 Å². The second-order valence-corrected chi connectivity index (χ2v) is 3.74. The average molecular weight is 225 g/mol. The van der Waals surface area contributed by atoms with E-state index in [-0.39, 0.29) is 5.69 Å². The van der Waals surface area contributed by atoms with Crippen LogP contribution in [0.25, 0.3) is 0 Å². The van der Waals surface area contributed by atoms with Crippen LogP contribution in [0.5, 0.6) is 0 Å². The van der Waals surface area contributed by atoms with Crippen molar-refractivity contribution in [2.24, 2.45) is 0 Å². The molecular weight excluding hydrogens is 210 g/mol. The molecule has 16 heavy (non-hydrogen) atoms. The van der Waals surface area contributed by atoms with Crippen molar-refractivity contribution < 1.29 is 14.3 Å². The van der Waals surface area contributed by atoms with E-state index in [2.05, 4.69) is 16.8 Å². The normalized spacial score (nSPS) is 17.7. The van der Waals surface area contributed by atoms with Crippen LogP contribution in [-0.2, 0) is 0 Å². The first-order chi connectivity index (χ1) is 7.70. The Morgan fingerprint density at radius 3 is 2.69 bits per heavy atom. The largest absolute Gasteiger partial charge is 0.476 e. The summed E-state index contributed by atoms with van der Waals surface area (Å²) in [6.07, 6.45) is 1.18. The van der Waals surface area contributed by atoms with Crippen molar-refractivity contribution >= 4 is 12.0 Å². The number of aromatic nitrogens is 1. The molecule has 1 saturated heterocycles. The number of aromatic carboxylic acids is 1. The Balaban J connectivity index is 2.00. The van der Waals surface area contributed by atoms with E-state index in [0.29, 0.717) is 6.01 Å². The highest BCUT2D eigenvalue weighted by Crippen LogP contribution is 2.15. The molecule has 0 bridgehead atoms. The van der Waals surface area contributed by atoms with Gasteiger partial charge in [-0.3, -0.25) is 0 Å². The Labute approximate surface area is 93.5 Å². The SMILES string of the molecule is CCN1CCN(c2nc(C(=O)O)co2)CC1. The lowest BCUT2D eigenvalue weighted by molar-refractivity contribution is 0.0690. The minimum absolute atomic E-state index is 0.0343. The number of carboxylic acid groups (broad SMARTS) is 1. The van der Waals surface area contributed by atoms with Gasteiger partial charge in [-0.2, -0.15) is 4.98 Å². The highest BCUT2D eigenvalue weighted by atomic mass is 16.4. The zero-order valence-electron chi connectivity index (χ0n) is 9.22. The summed E-state index contributed by atoms with van der Waals surface area (Å²) in [5, 5.41) is 8.73. The Morgan fingerprint density at radius 1 is 1.50 bits per heavy atom. The summed E-state index contributed by atoms with van der Waals surface area (Å²) < 4.78 is 5.15. The van der Waals surface area contributed by atoms with Gasteiger partial charge >= 0.3 is 5.97 Å². The minimum atomic E-state index is -1.05. The number of piperazine rings is 1. The van der Waals surface area contributed by atoms with Crippen LogP contribution in [0.15, 0.2) is 10.7 Å². The summed E-state index contributed by atoms with van der Waals surface area (Å²) in [7, 11) is 0. The summed E-state index contributed by atoms with van der Waals surface area (Å²) in [5.41, 5.74) is -0.0343. The monoisotopic (exact) mass is 225 g/mol. The molecule has 2 rings (SSSR count). The molecule has 0 saturated carbocycles. The predicted molar refractivity (Wildman–Crippen MR) is 57.8 cm³/mol. The van der Waals surface area contributed by atoms with Crippen LogP contribution >= 0.6 is 0 Å². The maximum atomic E-state index is 10.6. The fourth-order valence-corrected chi connectivity index (χ4v) is 1.76. The molecule has 88 valence electrons. The van der Waals surface area contributed by atoms with E-state index in [9.17, 15) is 4.79 Å². The Bertz CT molecular complexity index is 369. The van der Waals surface area contributed by atoms with Gasteiger partial charge in [0.1, 0.15) is 6.26 Å². The summed E-state index contributed by atoms with van der Waals surface area (Å²) in [6.45, 7) is 6.74. The van der Waals surface area contributed by atoms with Crippen molar-refractivity contribution in [1.82, 2.24) is 9.88 Å². The van der Waals surface area contributed by atoms with Gasteiger partial charge in [0.15, 0.2) is 5.69 Å². The standard InChI is InChI=1S/C10H15N3O3/c1-2-12-3-5-13(6-4-12)10-11-8(7-16-10)9(14)15/h7H,2-6H2,1H3,(H,14,15). The van der Waals surface area contributed by atoms with Gasteiger partial charge in [0.25, 0.3) is 6.01 Å². The van der Waals surface area contributed by atoms with E-state index in [1.54, 1.807) is 0 Å². The zero-order chi connectivity index (χ0) is 11.5. The summed E-state index contributed by atoms with van der Waals surface area (Å²) in [4.78, 5) is 18.9. The van der Waals surface area contributed by atoms with Crippen molar-refractivity contribution in [3.63, 3.8) is 0 Å². The van der Waals surface area contributed by atoms with Crippen molar-refractivity contribution in [3.05, 3.63) is 12.0 Å². The summed E-state index contributed by atoms with van der Waals surface area (Å²) >= 11 is 0. The first-order valence-electron chi connectivity index (χ1n) is 5.37. The van der Waals surface area contributed by atoms with Crippen LogP contribution in [0.1, 0.15) is 17.4 Å². The predicted octanol–water partition coefficient (Wildman–Crippen LogP) is 0.515. The molecule has 6 heteroatoms. The van der Waals surface area contributed by atoms with Crippen LogP contribution in [0, 0.1) is 0 Å². The highest BCUT2D eigenvalue weighted by molar-refractivity contribution is 5.85. The molecule has 0 atom stereocenters. The van der Waals surface area contributed by atoms with Gasteiger partial charge in [-0.15, -0.1) is 0 Å². The number of anilines is 1. The second kappa shape index (κ2) is 4.52. The van der Waals surface area contributed by atoms with E-state index in [1.165, 1.54) is 6.26 Å². The van der Waals surface area contributed by atoms with E-state index >= 15 is 0 Å². The molecule has 6 nitrogen and oxygen atoms in total. The molecule has 1 fully saturated rings. The summed E-state index contributed by atoms with van der Waals surface area (Å²) in [6, 6.07) is 0.410. The number of oxazole rings is 1. The third-order valence-electron chi connectivity index (χ3n) is 2.80. The number of carboxylic acids is 1. The Morgan fingerprint density at radius 2 is 2.19 bits per heavy atom. The van der Waals surface area contributed by atoms with Crippen LogP contribution in [0.3, 0.4) is 0 Å². The Hall–Kier alpha value is -1.56. The minimum Gasteiger partial charge on any atom is -0.476 e. The van der Waals surface area contributed by atoms with Crippen molar-refractivity contribution in [2.45, 2.75) is 6.92 Å². The number of hydrogen-bond donors (Lipinski definition) is 1. The first kappa shape index (κ1) is 10.9. The van der Waals surface area contributed by atoms with Crippen molar-refractivity contribution in [3.8, 4) is 0 Å². The lowest BCUT2D eigenvalue weighted by atomic mass is 10.3. The topological polar surface area (TPSA) is 69.8 Å². The first-order valence-corrected chi connectivity index (χ1v) is 5.37. The zero-order valence-corrected chi connectivity index (χ0v) is 9.22. The van der Waals surface area contributed by atoms with Gasteiger partial charge in [0, 0.05) is 26.2 Å². The van der Waals surface area contributed by atoms with Gasteiger partial charge in [0.2, 0.25) is 0 Å². The Kier molecular flexibility index (Phi) is 3.09. The van der Waals surface area contributed by atoms with Crippen LogP contribution in [0.2, 0.25) is 0 Å². The molecule has 0 amide bonds. The smallest absolute Gasteiger partial charge is 0.357 e. The summed E-state index contributed by atoms with van der Waals surface area (Å²) in [5.74, 6) is -1.05. The average Bonchev–Trinajstić information content (AvgIpc) is 2.78. The highest BCUT2D eigenvalue weighted by Gasteiger charge is 2.20. The van der Waals surface area contributed by atoms with Crippen LogP contribution in [-0.4, -0.2) is 53.7 Å². The molecule has 0 spiro atoms. The maximum absolute atomic E-state index is 10.6. The molecule has 0 aliphatic carbocycles. The van der Waals surface area contributed by atoms with E-state index in [4.69, 9.17) is 9.52 Å². The van der Waals surface area contributed by atoms with Gasteiger partial charge < -0.3 is 19.3 Å². The van der Waals surface area contributed by atoms with Crippen LogP contribution < -0.4 is 4.90 Å². The number of nitrogens with zero attached hydrogens (tertiary/aromatic N) is 3. The maximum Gasteiger partial charge on any atom is 0.357 e. The molecule has 1 aliphatic heterocycles. The lowest BCUT2D eigenvalue weighted by Crippen LogP contribution is -2.46. The van der Waals surface area contributed by atoms with Crippen molar-refractivity contribution in [1.29, 1.82) is 0 Å². The van der Waals surface area contributed by atoms with Gasteiger partial charge in [0.05, 0.1) is 0 Å². The third-order valence-corrected chi connectivity index (χ3v) is 2.80. The number of rotatable bonds is 3. The molecule has 0 aromatic carbocycles. The molecule has 1 aliphatic rings. The number of carbonyl (C=O) groups is 1. The lowest BCUT2D eigenvalue weighted by Gasteiger charge is -2.32. The van der Waals surface area contributed by atoms with E-state index in [0.717, 1.165) is 32.7 Å². The van der Waals surface area contributed by atoms with Gasteiger partial charge in [-0.05, 0) is 6.54 Å². The third kappa shape index (κ3) is 2.16. The number of likely N-dealkylation sites (N-methyl/N-ethyl adjacent to an activating group) is 1. The van der Waals surface area contributed by atoms with Crippen molar-refractivity contribution in [2.75, 3.05) is 37.6 Å². The quantitative estimate of drug-likeness (QED) is 0.808. The molecule has 0 unspecified atom stereocenters. The fourth-order valence-electron chi connectivity index (χ4n) is 1.76. The molecule has 1 aromatic heterocycles. The molecule has 2 heterocycles. The fraction of sp³-hybridized carbons (Fsp3) is 0.600. The van der Waals surface area contributed by atoms with Gasteiger partial charge in [-0.1, -0.05) is 6.92 Å². The molecule has 1 aromatic rings. The molecule has 1 N–H and O–H groups in total.